The van der Waals surface area contributed by atoms with Gasteiger partial charge in [0.15, 0.2) is 0 Å². The van der Waals surface area contributed by atoms with Gasteiger partial charge < -0.3 is 5.73 Å². The van der Waals surface area contributed by atoms with E-state index < -0.39 is 0 Å². The second kappa shape index (κ2) is 5.80. The average molecular weight is 219 g/mol. The first-order valence-electron chi connectivity index (χ1n) is 5.83. The van der Waals surface area contributed by atoms with Crippen LogP contribution in [0.1, 0.15) is 35.1 Å². The molecule has 0 aromatic heterocycles. The third-order valence-electron chi connectivity index (χ3n) is 2.87. The molecular formula is C14H21NO. The summed E-state index contributed by atoms with van der Waals surface area (Å²) in [6.07, 6.45) is 1.95. The summed E-state index contributed by atoms with van der Waals surface area (Å²) in [6.45, 7) is 6.83. The Morgan fingerprint density at radius 1 is 1.19 bits per heavy atom. The second-order valence-electron chi connectivity index (χ2n) is 4.48. The van der Waals surface area contributed by atoms with Gasteiger partial charge in [-0.1, -0.05) is 17.7 Å². The molecule has 88 valence electrons. The van der Waals surface area contributed by atoms with Crippen LogP contribution < -0.4 is 5.73 Å². The minimum atomic E-state index is 0.292. The maximum atomic E-state index is 11.7. The summed E-state index contributed by atoms with van der Waals surface area (Å²) in [5, 5.41) is 0. The van der Waals surface area contributed by atoms with Crippen LogP contribution in [-0.4, -0.2) is 12.3 Å². The van der Waals surface area contributed by atoms with Crippen LogP contribution in [0.25, 0.3) is 0 Å². The summed E-state index contributed by atoms with van der Waals surface area (Å²) in [7, 11) is 0. The minimum absolute atomic E-state index is 0.292. The van der Waals surface area contributed by atoms with Gasteiger partial charge in [0.2, 0.25) is 0 Å². The predicted molar refractivity (Wildman–Crippen MR) is 67.7 cm³/mol. The third kappa shape index (κ3) is 3.46. The maximum absolute atomic E-state index is 11.7. The molecule has 0 atom stereocenters. The van der Waals surface area contributed by atoms with Crippen LogP contribution in [0.2, 0.25) is 0 Å². The van der Waals surface area contributed by atoms with Crippen LogP contribution in [-0.2, 0) is 11.2 Å². The summed E-state index contributed by atoms with van der Waals surface area (Å²) in [5.74, 6) is 0.292. The summed E-state index contributed by atoms with van der Waals surface area (Å²) < 4.78 is 0. The fourth-order valence-corrected chi connectivity index (χ4v) is 2.07. The zero-order chi connectivity index (χ0) is 12.1. The Labute approximate surface area is 97.9 Å². The second-order valence-corrected chi connectivity index (χ2v) is 4.48. The van der Waals surface area contributed by atoms with Crippen LogP contribution in [0.4, 0.5) is 0 Å². The summed E-state index contributed by atoms with van der Waals surface area (Å²) in [4.78, 5) is 11.7. The highest BCUT2D eigenvalue weighted by Crippen LogP contribution is 2.17. The molecule has 0 aliphatic rings. The van der Waals surface area contributed by atoms with Crippen molar-refractivity contribution in [3.05, 3.63) is 34.4 Å². The van der Waals surface area contributed by atoms with Gasteiger partial charge >= 0.3 is 0 Å². The lowest BCUT2D eigenvalue weighted by molar-refractivity contribution is -0.118. The van der Waals surface area contributed by atoms with E-state index >= 15 is 0 Å². The van der Waals surface area contributed by atoms with E-state index in [4.69, 9.17) is 5.73 Å². The lowest BCUT2D eigenvalue weighted by Gasteiger charge is -2.10. The molecule has 1 rings (SSSR count). The number of carbonyl (C=O) groups is 1. The molecule has 0 saturated heterocycles. The first-order valence-corrected chi connectivity index (χ1v) is 5.83. The van der Waals surface area contributed by atoms with Gasteiger partial charge in [0.25, 0.3) is 0 Å². The van der Waals surface area contributed by atoms with E-state index in [0.717, 1.165) is 6.42 Å². The Bertz CT molecular complexity index is 359. The van der Waals surface area contributed by atoms with Gasteiger partial charge in [-0.2, -0.15) is 0 Å². The van der Waals surface area contributed by atoms with Gasteiger partial charge in [-0.3, -0.25) is 4.79 Å². The van der Waals surface area contributed by atoms with Crippen LogP contribution in [0.3, 0.4) is 0 Å². The molecule has 1 aromatic rings. The molecule has 2 nitrogen and oxygen atoms in total. The highest BCUT2D eigenvalue weighted by atomic mass is 16.1. The molecule has 0 bridgehead atoms. The van der Waals surface area contributed by atoms with E-state index in [1.807, 2.05) is 0 Å². The molecule has 2 heteroatoms. The highest BCUT2D eigenvalue weighted by molar-refractivity contribution is 5.81. The topological polar surface area (TPSA) is 43.1 Å². The number of carbonyl (C=O) groups excluding carboxylic acids is 1. The fourth-order valence-electron chi connectivity index (χ4n) is 2.07. The summed E-state index contributed by atoms with van der Waals surface area (Å²) in [6, 6.07) is 4.27. The molecule has 0 fully saturated rings. The van der Waals surface area contributed by atoms with Crippen LogP contribution >= 0.6 is 0 Å². The van der Waals surface area contributed by atoms with Gasteiger partial charge in [0.05, 0.1) is 0 Å². The molecule has 0 radical (unpaired) electrons. The van der Waals surface area contributed by atoms with Crippen molar-refractivity contribution in [2.24, 2.45) is 5.73 Å². The monoisotopic (exact) mass is 219 g/mol. The number of hydrogen-bond donors (Lipinski definition) is 1. The van der Waals surface area contributed by atoms with Gasteiger partial charge in [0, 0.05) is 12.8 Å². The van der Waals surface area contributed by atoms with Crippen LogP contribution in [0.5, 0.6) is 0 Å². The number of aryl methyl sites for hydroxylation is 3. The molecular weight excluding hydrogens is 198 g/mol. The van der Waals surface area contributed by atoms with E-state index in [9.17, 15) is 4.79 Å². The number of Topliss-reactive ketones (excluding diaryl/α,β-unsaturated/α-hetero) is 1. The minimum Gasteiger partial charge on any atom is -0.330 e. The highest BCUT2D eigenvalue weighted by Gasteiger charge is 2.08. The van der Waals surface area contributed by atoms with Crippen molar-refractivity contribution < 1.29 is 4.79 Å². The summed E-state index contributed by atoms with van der Waals surface area (Å²) >= 11 is 0. The van der Waals surface area contributed by atoms with Crippen molar-refractivity contribution in [2.75, 3.05) is 6.54 Å². The first kappa shape index (κ1) is 12.9. The van der Waals surface area contributed by atoms with Gasteiger partial charge in [-0.15, -0.1) is 0 Å². The zero-order valence-electron chi connectivity index (χ0n) is 10.5. The number of rotatable bonds is 5. The quantitative estimate of drug-likeness (QED) is 0.826. The van der Waals surface area contributed by atoms with Gasteiger partial charge in [-0.25, -0.2) is 0 Å². The first-order chi connectivity index (χ1) is 7.54. The molecule has 0 aliphatic heterocycles. The van der Waals surface area contributed by atoms with Crippen molar-refractivity contribution >= 4 is 5.78 Å². The molecule has 16 heavy (non-hydrogen) atoms. The van der Waals surface area contributed by atoms with E-state index in [-0.39, 0.29) is 0 Å². The van der Waals surface area contributed by atoms with E-state index in [2.05, 4.69) is 32.9 Å². The van der Waals surface area contributed by atoms with Crippen LogP contribution in [0, 0.1) is 20.8 Å². The van der Waals surface area contributed by atoms with Gasteiger partial charge in [-0.05, 0) is 50.4 Å². The van der Waals surface area contributed by atoms with E-state index in [0.29, 0.717) is 25.2 Å². The Morgan fingerprint density at radius 3 is 2.25 bits per heavy atom. The Morgan fingerprint density at radius 2 is 1.75 bits per heavy atom. The van der Waals surface area contributed by atoms with Crippen molar-refractivity contribution in [3.63, 3.8) is 0 Å². The van der Waals surface area contributed by atoms with Crippen molar-refractivity contribution in [2.45, 2.75) is 40.0 Å². The van der Waals surface area contributed by atoms with E-state index in [1.165, 1.54) is 22.3 Å². The number of nitrogens with two attached hydrogens (primary N) is 1. The number of ketones is 1. The Hall–Kier alpha value is -1.15. The molecule has 0 saturated carbocycles. The fraction of sp³-hybridized carbons (Fsp3) is 0.500. The third-order valence-corrected chi connectivity index (χ3v) is 2.87. The Kier molecular flexibility index (Phi) is 4.69. The molecule has 1 aromatic carbocycles. The molecule has 0 amide bonds. The lowest BCUT2D eigenvalue weighted by atomic mass is 9.95. The number of benzene rings is 1. The Balaban J connectivity index is 2.77. The molecule has 0 spiro atoms. The SMILES string of the molecule is Cc1cc(C)c(CC(=O)CCCN)c(C)c1. The molecule has 0 heterocycles. The van der Waals surface area contributed by atoms with Gasteiger partial charge in [0.1, 0.15) is 5.78 Å². The molecule has 0 aliphatic carbocycles. The van der Waals surface area contributed by atoms with Crippen molar-refractivity contribution in [1.82, 2.24) is 0 Å². The average Bonchev–Trinajstić information content (AvgIpc) is 2.20. The zero-order valence-corrected chi connectivity index (χ0v) is 10.5. The van der Waals surface area contributed by atoms with Crippen molar-refractivity contribution in [1.29, 1.82) is 0 Å². The standard InChI is InChI=1S/C14H21NO/c1-10-7-11(2)14(12(3)8-10)9-13(16)5-4-6-15/h7-8H,4-6,9,15H2,1-3H3. The normalized spacial score (nSPS) is 10.5. The smallest absolute Gasteiger partial charge is 0.137 e. The summed E-state index contributed by atoms with van der Waals surface area (Å²) in [5.41, 5.74) is 10.3. The predicted octanol–water partition coefficient (Wildman–Crippen LogP) is 2.46. The molecule has 2 N–H and O–H groups in total. The van der Waals surface area contributed by atoms with E-state index in [1.54, 1.807) is 0 Å². The molecule has 0 unspecified atom stereocenters. The van der Waals surface area contributed by atoms with Crippen molar-refractivity contribution in [3.8, 4) is 0 Å². The number of hydrogen-bond acceptors (Lipinski definition) is 2. The van der Waals surface area contributed by atoms with Crippen LogP contribution in [0.15, 0.2) is 12.1 Å². The maximum Gasteiger partial charge on any atom is 0.137 e. The largest absolute Gasteiger partial charge is 0.330 e. The lowest BCUT2D eigenvalue weighted by Crippen LogP contribution is -2.09.